The number of benzene rings is 1. The molecule has 2 aromatic heterocycles. The molecule has 1 aromatic carbocycles. The minimum atomic E-state index is -0.383. The minimum absolute atomic E-state index is 0.110. The van der Waals surface area contributed by atoms with Crippen LogP contribution in [0.3, 0.4) is 0 Å². The number of ether oxygens (including phenoxy) is 1. The average molecular weight is 353 g/mol. The summed E-state index contributed by atoms with van der Waals surface area (Å²) in [6.45, 7) is 6.62. The molecule has 0 amide bonds. The highest BCUT2D eigenvalue weighted by molar-refractivity contribution is 5.76. The third-order valence-electron chi connectivity index (χ3n) is 4.20. The largest absolute Gasteiger partial charge is 0.465 e. The lowest BCUT2D eigenvalue weighted by Crippen LogP contribution is -2.41. The first kappa shape index (κ1) is 18.0. The van der Waals surface area contributed by atoms with Gasteiger partial charge in [-0.05, 0) is 34.9 Å². The summed E-state index contributed by atoms with van der Waals surface area (Å²) in [5, 5.41) is 15.2. The van der Waals surface area contributed by atoms with E-state index in [0.717, 1.165) is 16.7 Å². The Kier molecular flexibility index (Phi) is 5.58. The quantitative estimate of drug-likeness (QED) is 0.657. The Bertz CT molecular complexity index is 876. The standard InChI is InChI=1S/C19H23N5O2/c1-4-26-19(25)17(13(2)3)20-11-15-10-16(14-8-6-5-7-9-14)12-24-18(15)21-22-23-24/h5-10,12-13,17,20H,4,11H2,1-3H3/t17-/m0/s1. The van der Waals surface area contributed by atoms with Crippen molar-refractivity contribution in [3.05, 3.63) is 48.2 Å². The number of pyridine rings is 1. The van der Waals surface area contributed by atoms with Gasteiger partial charge in [-0.1, -0.05) is 44.2 Å². The fraction of sp³-hybridized carbons (Fsp3) is 0.368. The SMILES string of the molecule is CCOC(=O)[C@@H](NCc1cc(-c2ccccc2)cn2nnnc12)C(C)C. The van der Waals surface area contributed by atoms with Crippen LogP contribution in [0.2, 0.25) is 0 Å². The molecule has 7 nitrogen and oxygen atoms in total. The van der Waals surface area contributed by atoms with E-state index >= 15 is 0 Å². The Labute approximate surface area is 152 Å². The van der Waals surface area contributed by atoms with E-state index in [0.29, 0.717) is 18.8 Å². The van der Waals surface area contributed by atoms with Crippen LogP contribution < -0.4 is 5.32 Å². The highest BCUT2D eigenvalue weighted by atomic mass is 16.5. The van der Waals surface area contributed by atoms with E-state index in [9.17, 15) is 4.79 Å². The van der Waals surface area contributed by atoms with Gasteiger partial charge in [-0.25, -0.2) is 0 Å². The van der Waals surface area contributed by atoms with E-state index < -0.39 is 0 Å². The minimum Gasteiger partial charge on any atom is -0.465 e. The molecule has 0 bridgehead atoms. The van der Waals surface area contributed by atoms with Crippen LogP contribution in [-0.2, 0) is 16.1 Å². The van der Waals surface area contributed by atoms with Crippen molar-refractivity contribution in [1.29, 1.82) is 0 Å². The molecule has 0 fully saturated rings. The number of carbonyl (C=O) groups is 1. The fourth-order valence-corrected chi connectivity index (χ4v) is 2.87. The highest BCUT2D eigenvalue weighted by Crippen LogP contribution is 2.22. The van der Waals surface area contributed by atoms with Gasteiger partial charge in [0.1, 0.15) is 6.04 Å². The van der Waals surface area contributed by atoms with Crippen molar-refractivity contribution < 1.29 is 9.53 Å². The van der Waals surface area contributed by atoms with Crippen LogP contribution in [0.1, 0.15) is 26.3 Å². The highest BCUT2D eigenvalue weighted by Gasteiger charge is 2.23. The van der Waals surface area contributed by atoms with Crippen LogP contribution in [0.5, 0.6) is 0 Å². The average Bonchev–Trinajstić information content (AvgIpc) is 3.11. The van der Waals surface area contributed by atoms with E-state index in [1.54, 1.807) is 4.52 Å². The van der Waals surface area contributed by atoms with Gasteiger partial charge >= 0.3 is 5.97 Å². The van der Waals surface area contributed by atoms with Crippen LogP contribution in [0.4, 0.5) is 0 Å². The molecule has 7 heteroatoms. The Balaban J connectivity index is 1.89. The van der Waals surface area contributed by atoms with Gasteiger partial charge < -0.3 is 4.74 Å². The molecule has 1 atom stereocenters. The number of nitrogens with zero attached hydrogens (tertiary/aromatic N) is 4. The summed E-state index contributed by atoms with van der Waals surface area (Å²) < 4.78 is 6.83. The molecule has 2 heterocycles. The number of fused-ring (bicyclic) bond motifs is 1. The molecule has 0 unspecified atom stereocenters. The maximum absolute atomic E-state index is 12.2. The molecule has 0 aliphatic carbocycles. The van der Waals surface area contributed by atoms with Crippen molar-refractivity contribution in [1.82, 2.24) is 25.4 Å². The second-order valence-electron chi connectivity index (χ2n) is 6.42. The van der Waals surface area contributed by atoms with Crippen LogP contribution in [0, 0.1) is 5.92 Å². The number of hydrogen-bond donors (Lipinski definition) is 1. The molecule has 0 spiro atoms. The van der Waals surface area contributed by atoms with Crippen LogP contribution in [0.15, 0.2) is 42.6 Å². The fourth-order valence-electron chi connectivity index (χ4n) is 2.87. The first-order valence-corrected chi connectivity index (χ1v) is 8.76. The van der Waals surface area contributed by atoms with E-state index in [4.69, 9.17) is 4.74 Å². The van der Waals surface area contributed by atoms with Gasteiger partial charge in [0.15, 0.2) is 5.65 Å². The van der Waals surface area contributed by atoms with Crippen molar-refractivity contribution in [3.63, 3.8) is 0 Å². The second kappa shape index (κ2) is 8.05. The molecule has 0 radical (unpaired) electrons. The van der Waals surface area contributed by atoms with Crippen LogP contribution in [0.25, 0.3) is 16.8 Å². The molecule has 3 aromatic rings. The van der Waals surface area contributed by atoms with E-state index in [2.05, 4.69) is 26.9 Å². The summed E-state index contributed by atoms with van der Waals surface area (Å²) in [5.41, 5.74) is 3.69. The van der Waals surface area contributed by atoms with E-state index in [1.165, 1.54) is 0 Å². The monoisotopic (exact) mass is 353 g/mol. The van der Waals surface area contributed by atoms with Gasteiger partial charge in [0, 0.05) is 23.9 Å². The number of nitrogens with one attached hydrogen (secondary N) is 1. The first-order valence-electron chi connectivity index (χ1n) is 8.76. The maximum Gasteiger partial charge on any atom is 0.323 e. The summed E-state index contributed by atoms with van der Waals surface area (Å²) in [5.74, 6) is -0.129. The zero-order chi connectivity index (χ0) is 18.5. The van der Waals surface area contributed by atoms with Gasteiger partial charge in [0.2, 0.25) is 0 Å². The van der Waals surface area contributed by atoms with E-state index in [1.807, 2.05) is 57.3 Å². The lowest BCUT2D eigenvalue weighted by Gasteiger charge is -2.20. The lowest BCUT2D eigenvalue weighted by atomic mass is 10.0. The summed E-state index contributed by atoms with van der Waals surface area (Å²) in [7, 11) is 0. The van der Waals surface area contributed by atoms with Gasteiger partial charge in [-0.3, -0.25) is 10.1 Å². The van der Waals surface area contributed by atoms with Crippen molar-refractivity contribution in [2.75, 3.05) is 6.61 Å². The topological polar surface area (TPSA) is 81.4 Å². The summed E-state index contributed by atoms with van der Waals surface area (Å²) >= 11 is 0. The van der Waals surface area contributed by atoms with Gasteiger partial charge in [0.05, 0.1) is 6.61 Å². The number of hydrogen-bond acceptors (Lipinski definition) is 6. The second-order valence-corrected chi connectivity index (χ2v) is 6.42. The Morgan fingerprint density at radius 3 is 2.69 bits per heavy atom. The number of tetrazole rings is 1. The van der Waals surface area contributed by atoms with Crippen molar-refractivity contribution >= 4 is 11.6 Å². The summed E-state index contributed by atoms with van der Waals surface area (Å²) in [6, 6.07) is 11.7. The van der Waals surface area contributed by atoms with Crippen molar-refractivity contribution in [2.24, 2.45) is 5.92 Å². The molecule has 0 saturated heterocycles. The molecule has 3 rings (SSSR count). The molecule has 26 heavy (non-hydrogen) atoms. The van der Waals surface area contributed by atoms with Crippen LogP contribution >= 0.6 is 0 Å². The Morgan fingerprint density at radius 1 is 1.23 bits per heavy atom. The Morgan fingerprint density at radius 2 is 2.00 bits per heavy atom. The van der Waals surface area contributed by atoms with Gasteiger partial charge in [-0.2, -0.15) is 4.52 Å². The zero-order valence-corrected chi connectivity index (χ0v) is 15.2. The molecular weight excluding hydrogens is 330 g/mol. The third-order valence-corrected chi connectivity index (χ3v) is 4.20. The molecule has 136 valence electrons. The molecule has 0 aliphatic heterocycles. The zero-order valence-electron chi connectivity index (χ0n) is 15.2. The van der Waals surface area contributed by atoms with Gasteiger partial charge in [-0.15, -0.1) is 5.10 Å². The lowest BCUT2D eigenvalue weighted by molar-refractivity contribution is -0.146. The molecule has 0 aliphatic rings. The van der Waals surface area contributed by atoms with Crippen molar-refractivity contribution in [2.45, 2.75) is 33.4 Å². The predicted octanol–water partition coefficient (Wildman–Crippen LogP) is 2.47. The third kappa shape index (κ3) is 3.88. The first-order chi connectivity index (χ1) is 12.6. The number of aromatic nitrogens is 4. The smallest absolute Gasteiger partial charge is 0.323 e. The molecule has 0 saturated carbocycles. The number of esters is 1. The number of rotatable bonds is 7. The number of carbonyl (C=O) groups excluding carboxylic acids is 1. The van der Waals surface area contributed by atoms with Gasteiger partial charge in [0.25, 0.3) is 0 Å². The van der Waals surface area contributed by atoms with E-state index in [-0.39, 0.29) is 17.9 Å². The summed E-state index contributed by atoms with van der Waals surface area (Å²) in [6.07, 6.45) is 1.90. The maximum atomic E-state index is 12.2. The Hall–Kier alpha value is -2.80. The predicted molar refractivity (Wildman–Crippen MR) is 98.3 cm³/mol. The summed E-state index contributed by atoms with van der Waals surface area (Å²) in [4.78, 5) is 12.2. The van der Waals surface area contributed by atoms with Crippen molar-refractivity contribution in [3.8, 4) is 11.1 Å². The normalized spacial score (nSPS) is 12.5. The molecule has 1 N–H and O–H groups in total. The van der Waals surface area contributed by atoms with Crippen LogP contribution in [-0.4, -0.2) is 38.7 Å². The molecular formula is C19H23N5O2.